The van der Waals surface area contributed by atoms with E-state index in [0.717, 1.165) is 21.5 Å². The van der Waals surface area contributed by atoms with Crippen LogP contribution in [0.1, 0.15) is 18.1 Å². The Kier molecular flexibility index (Phi) is 3.76. The van der Waals surface area contributed by atoms with Crippen LogP contribution in [-0.4, -0.2) is 4.98 Å². The maximum absolute atomic E-state index is 4.65. The van der Waals surface area contributed by atoms with Crippen LogP contribution in [0.5, 0.6) is 0 Å². The average molecular weight is 347 g/mol. The summed E-state index contributed by atoms with van der Waals surface area (Å²) in [7, 11) is 0. The molecule has 0 saturated heterocycles. The van der Waals surface area contributed by atoms with E-state index in [1.165, 1.54) is 21.5 Å². The van der Waals surface area contributed by atoms with Crippen molar-refractivity contribution in [2.75, 3.05) is 5.32 Å². The molecule has 3 aromatic rings. The van der Waals surface area contributed by atoms with E-state index in [9.17, 15) is 0 Å². The topological polar surface area (TPSA) is 24.9 Å². The van der Waals surface area contributed by atoms with Gasteiger partial charge in [0, 0.05) is 10.2 Å². The molecule has 20 heavy (non-hydrogen) atoms. The lowest BCUT2D eigenvalue weighted by Gasteiger charge is -2.11. The number of nitrogens with zero attached hydrogens (tertiary/aromatic N) is 1. The zero-order valence-corrected chi connectivity index (χ0v) is 13.8. The number of benzene rings is 2. The van der Waals surface area contributed by atoms with Crippen molar-refractivity contribution in [1.82, 2.24) is 4.98 Å². The Morgan fingerprint density at radius 2 is 2.10 bits per heavy atom. The highest BCUT2D eigenvalue weighted by Gasteiger charge is 2.08. The number of halogens is 1. The molecule has 0 radical (unpaired) electrons. The SMILES string of the molecule is CCc1cccc(C)c1Nc1nc2ccc(Br)cc2s1. The average Bonchev–Trinajstić information content (AvgIpc) is 2.82. The van der Waals surface area contributed by atoms with Crippen LogP contribution in [0.25, 0.3) is 10.2 Å². The molecular weight excluding hydrogens is 332 g/mol. The molecule has 0 fully saturated rings. The predicted molar refractivity (Wildman–Crippen MR) is 91.2 cm³/mol. The van der Waals surface area contributed by atoms with Crippen LogP contribution in [0, 0.1) is 6.92 Å². The number of aromatic nitrogens is 1. The van der Waals surface area contributed by atoms with Crippen LogP contribution in [0.15, 0.2) is 40.9 Å². The van der Waals surface area contributed by atoms with Crippen LogP contribution < -0.4 is 5.32 Å². The van der Waals surface area contributed by atoms with Crippen molar-refractivity contribution < 1.29 is 0 Å². The van der Waals surface area contributed by atoms with Crippen molar-refractivity contribution in [1.29, 1.82) is 0 Å². The molecule has 0 aliphatic heterocycles. The normalized spacial score (nSPS) is 10.9. The summed E-state index contributed by atoms with van der Waals surface area (Å²) >= 11 is 5.18. The maximum Gasteiger partial charge on any atom is 0.188 e. The third-order valence-corrected chi connectivity index (χ3v) is 4.75. The molecule has 0 spiro atoms. The molecule has 2 nitrogen and oxygen atoms in total. The van der Waals surface area contributed by atoms with E-state index < -0.39 is 0 Å². The van der Waals surface area contributed by atoms with Gasteiger partial charge in [0.15, 0.2) is 5.13 Å². The molecule has 1 aromatic heterocycles. The molecular formula is C16H15BrN2S. The first-order valence-electron chi connectivity index (χ1n) is 6.59. The van der Waals surface area contributed by atoms with Crippen LogP contribution >= 0.6 is 27.3 Å². The monoisotopic (exact) mass is 346 g/mol. The summed E-state index contributed by atoms with van der Waals surface area (Å²) in [6.07, 6.45) is 1.01. The maximum atomic E-state index is 4.65. The number of fused-ring (bicyclic) bond motifs is 1. The van der Waals surface area contributed by atoms with Crippen molar-refractivity contribution in [3.8, 4) is 0 Å². The summed E-state index contributed by atoms with van der Waals surface area (Å²) in [5.41, 5.74) is 4.80. The molecule has 0 amide bonds. The number of hydrogen-bond donors (Lipinski definition) is 1. The van der Waals surface area contributed by atoms with Crippen LogP contribution in [-0.2, 0) is 6.42 Å². The second kappa shape index (κ2) is 5.54. The zero-order chi connectivity index (χ0) is 14.1. The lowest BCUT2D eigenvalue weighted by Crippen LogP contribution is -1.97. The zero-order valence-electron chi connectivity index (χ0n) is 11.4. The van der Waals surface area contributed by atoms with Gasteiger partial charge < -0.3 is 5.32 Å². The second-order valence-corrected chi connectivity index (χ2v) is 6.66. The van der Waals surface area contributed by atoms with Gasteiger partial charge in [0.2, 0.25) is 0 Å². The van der Waals surface area contributed by atoms with E-state index in [1.54, 1.807) is 11.3 Å². The van der Waals surface area contributed by atoms with E-state index in [4.69, 9.17) is 0 Å². The number of nitrogens with one attached hydrogen (secondary N) is 1. The Balaban J connectivity index is 2.01. The van der Waals surface area contributed by atoms with E-state index >= 15 is 0 Å². The standard InChI is InChI=1S/C16H15BrN2S/c1-3-11-6-4-5-10(2)15(11)19-16-18-13-8-7-12(17)9-14(13)20-16/h4-9H,3H2,1-2H3,(H,18,19). The number of anilines is 2. The molecule has 0 aliphatic carbocycles. The minimum atomic E-state index is 0.946. The highest BCUT2D eigenvalue weighted by molar-refractivity contribution is 9.10. The number of para-hydroxylation sites is 1. The Labute approximate surface area is 131 Å². The first kappa shape index (κ1) is 13.6. The molecule has 0 aliphatic rings. The fraction of sp³-hybridized carbons (Fsp3) is 0.188. The molecule has 0 atom stereocenters. The third kappa shape index (κ3) is 2.58. The first-order chi connectivity index (χ1) is 9.67. The summed E-state index contributed by atoms with van der Waals surface area (Å²) in [5.74, 6) is 0. The van der Waals surface area contributed by atoms with Gasteiger partial charge in [0.25, 0.3) is 0 Å². The van der Waals surface area contributed by atoms with Crippen LogP contribution in [0.3, 0.4) is 0 Å². The fourth-order valence-electron chi connectivity index (χ4n) is 2.26. The van der Waals surface area contributed by atoms with Gasteiger partial charge in [-0.1, -0.05) is 52.4 Å². The third-order valence-electron chi connectivity index (χ3n) is 3.32. The molecule has 0 saturated carbocycles. The lowest BCUT2D eigenvalue weighted by molar-refractivity contribution is 1.13. The van der Waals surface area contributed by atoms with Gasteiger partial charge in [-0.2, -0.15) is 0 Å². The summed E-state index contributed by atoms with van der Waals surface area (Å²) in [5, 5.41) is 4.44. The lowest BCUT2D eigenvalue weighted by atomic mass is 10.1. The van der Waals surface area contributed by atoms with Gasteiger partial charge in [0.05, 0.1) is 10.2 Å². The molecule has 2 aromatic carbocycles. The summed E-state index contributed by atoms with van der Waals surface area (Å²) < 4.78 is 2.28. The highest BCUT2D eigenvalue weighted by atomic mass is 79.9. The molecule has 4 heteroatoms. The minimum Gasteiger partial charge on any atom is -0.331 e. The molecule has 1 N–H and O–H groups in total. The fourth-order valence-corrected chi connectivity index (χ4v) is 3.68. The van der Waals surface area contributed by atoms with Gasteiger partial charge in [-0.15, -0.1) is 0 Å². The van der Waals surface area contributed by atoms with Gasteiger partial charge in [-0.25, -0.2) is 4.98 Å². The molecule has 3 rings (SSSR count). The van der Waals surface area contributed by atoms with Gasteiger partial charge >= 0.3 is 0 Å². The van der Waals surface area contributed by atoms with Crippen molar-refractivity contribution in [3.63, 3.8) is 0 Å². The summed E-state index contributed by atoms with van der Waals surface area (Å²) in [6, 6.07) is 12.6. The Morgan fingerprint density at radius 3 is 2.90 bits per heavy atom. The number of rotatable bonds is 3. The Bertz CT molecular complexity index is 764. The van der Waals surface area contributed by atoms with E-state index in [-0.39, 0.29) is 0 Å². The molecule has 1 heterocycles. The number of aryl methyl sites for hydroxylation is 2. The van der Waals surface area contributed by atoms with E-state index in [1.807, 2.05) is 12.1 Å². The minimum absolute atomic E-state index is 0.946. The highest BCUT2D eigenvalue weighted by Crippen LogP contribution is 2.32. The Morgan fingerprint density at radius 1 is 1.25 bits per heavy atom. The largest absolute Gasteiger partial charge is 0.331 e. The van der Waals surface area contributed by atoms with Crippen molar-refractivity contribution in [2.45, 2.75) is 20.3 Å². The second-order valence-electron chi connectivity index (χ2n) is 4.72. The van der Waals surface area contributed by atoms with E-state index in [2.05, 4.69) is 64.3 Å². The van der Waals surface area contributed by atoms with E-state index in [0.29, 0.717) is 0 Å². The van der Waals surface area contributed by atoms with Crippen LogP contribution in [0.4, 0.5) is 10.8 Å². The smallest absolute Gasteiger partial charge is 0.188 e. The first-order valence-corrected chi connectivity index (χ1v) is 8.20. The van der Waals surface area contributed by atoms with Crippen molar-refractivity contribution in [2.24, 2.45) is 0 Å². The van der Waals surface area contributed by atoms with Crippen molar-refractivity contribution >= 4 is 48.3 Å². The predicted octanol–water partition coefficient (Wildman–Crippen LogP) is 5.67. The van der Waals surface area contributed by atoms with Crippen LogP contribution in [0.2, 0.25) is 0 Å². The Hall–Kier alpha value is -1.39. The van der Waals surface area contributed by atoms with Gasteiger partial charge in [-0.05, 0) is 42.7 Å². The quantitative estimate of drug-likeness (QED) is 0.660. The summed E-state index contributed by atoms with van der Waals surface area (Å²) in [6.45, 7) is 4.31. The number of hydrogen-bond acceptors (Lipinski definition) is 3. The number of thiazole rings is 1. The van der Waals surface area contributed by atoms with Crippen molar-refractivity contribution in [3.05, 3.63) is 52.0 Å². The molecule has 102 valence electrons. The summed E-state index contributed by atoms with van der Waals surface area (Å²) in [4.78, 5) is 4.65. The molecule has 0 unspecified atom stereocenters. The van der Waals surface area contributed by atoms with Gasteiger partial charge in [-0.3, -0.25) is 0 Å². The van der Waals surface area contributed by atoms with Gasteiger partial charge in [0.1, 0.15) is 0 Å². The molecule has 0 bridgehead atoms.